The molecule has 2 N–H and O–H groups in total. The maximum atomic E-state index is 10.7. The molecule has 0 fully saturated rings. The monoisotopic (exact) mass is 341 g/mol. The van der Waals surface area contributed by atoms with E-state index in [-0.39, 0.29) is 6.54 Å². The van der Waals surface area contributed by atoms with E-state index in [1.165, 1.54) is 44.9 Å². The Morgan fingerprint density at radius 3 is 1.58 bits per heavy atom. The molecule has 0 saturated carbocycles. The zero-order chi connectivity index (χ0) is 18.0. The van der Waals surface area contributed by atoms with Gasteiger partial charge in [0.1, 0.15) is 0 Å². The Balaban J connectivity index is 3.34. The zero-order valence-electron chi connectivity index (χ0n) is 15.2. The van der Waals surface area contributed by atoms with Gasteiger partial charge in [-0.3, -0.25) is 0 Å². The van der Waals surface area contributed by atoms with Crippen LogP contribution < -0.4 is 0 Å². The van der Waals surface area contributed by atoms with Gasteiger partial charge in [-0.05, 0) is 32.1 Å². The average molecular weight is 341 g/mol. The summed E-state index contributed by atoms with van der Waals surface area (Å²) in [4.78, 5) is 21.8. The van der Waals surface area contributed by atoms with Crippen molar-refractivity contribution in [3.8, 4) is 0 Å². The molecule has 0 aromatic rings. The summed E-state index contributed by atoms with van der Waals surface area (Å²) in [6, 6.07) is 0. The molecule has 5 nitrogen and oxygen atoms in total. The topological polar surface area (TPSA) is 77.8 Å². The predicted molar refractivity (Wildman–Crippen MR) is 97.6 cm³/mol. The minimum Gasteiger partial charge on any atom is -0.465 e. The van der Waals surface area contributed by atoms with Gasteiger partial charge >= 0.3 is 12.2 Å². The molecule has 0 atom stereocenters. The van der Waals surface area contributed by atoms with Gasteiger partial charge in [0, 0.05) is 6.54 Å². The van der Waals surface area contributed by atoms with Gasteiger partial charge in [-0.2, -0.15) is 0 Å². The van der Waals surface area contributed by atoms with Gasteiger partial charge in [-0.25, -0.2) is 14.5 Å². The molecule has 0 aliphatic heterocycles. The first-order valence-electron chi connectivity index (χ1n) is 9.48. The lowest BCUT2D eigenvalue weighted by molar-refractivity contribution is 0.122. The van der Waals surface area contributed by atoms with Crippen molar-refractivity contribution in [1.29, 1.82) is 0 Å². The Hall–Kier alpha value is -1.52. The van der Waals surface area contributed by atoms with Gasteiger partial charge in [0.2, 0.25) is 0 Å². The van der Waals surface area contributed by atoms with Crippen LogP contribution >= 0.6 is 0 Å². The summed E-state index contributed by atoms with van der Waals surface area (Å²) in [5.74, 6) is 0. The minimum atomic E-state index is -1.39. The fourth-order valence-corrected chi connectivity index (χ4v) is 2.61. The Morgan fingerprint density at radius 2 is 1.12 bits per heavy atom. The molecule has 0 aliphatic carbocycles. The molecule has 0 aliphatic rings. The number of carboxylic acid groups (broad SMARTS) is 2. The summed E-state index contributed by atoms with van der Waals surface area (Å²) in [7, 11) is 0. The predicted octanol–water partition coefficient (Wildman–Crippen LogP) is 6.29. The van der Waals surface area contributed by atoms with Crippen molar-refractivity contribution >= 4 is 12.2 Å². The van der Waals surface area contributed by atoms with Crippen LogP contribution in [0.5, 0.6) is 0 Å². The summed E-state index contributed by atoms with van der Waals surface area (Å²) in [6.07, 6.45) is 16.9. The molecule has 0 spiro atoms. The van der Waals surface area contributed by atoms with Crippen molar-refractivity contribution in [3.05, 3.63) is 12.2 Å². The van der Waals surface area contributed by atoms with Crippen LogP contribution in [0.15, 0.2) is 12.2 Å². The first-order valence-corrected chi connectivity index (χ1v) is 9.48. The number of amides is 2. The standard InChI is InChI=1S/C19H35NO4/c1-2-3-4-5-6-7-8-9-10-11-12-13-14-15-16-17-20(18(21)22)19(23)24/h9-10H,2-8,11-17H2,1H3,(H,21,22)(H,23,24)/b10-9-. The third-order valence-electron chi connectivity index (χ3n) is 4.11. The van der Waals surface area contributed by atoms with Crippen molar-refractivity contribution < 1.29 is 19.8 Å². The quantitative estimate of drug-likeness (QED) is 0.271. The van der Waals surface area contributed by atoms with Crippen LogP contribution in [0.4, 0.5) is 9.59 Å². The molecule has 0 bridgehead atoms. The molecular weight excluding hydrogens is 306 g/mol. The highest BCUT2D eigenvalue weighted by Gasteiger charge is 2.18. The molecule has 0 aromatic carbocycles. The van der Waals surface area contributed by atoms with Crippen molar-refractivity contribution in [2.45, 2.75) is 90.4 Å². The Bertz CT molecular complexity index is 341. The number of nitrogens with zero attached hydrogens (tertiary/aromatic N) is 1. The molecule has 0 unspecified atom stereocenters. The van der Waals surface area contributed by atoms with Crippen LogP contribution in [-0.4, -0.2) is 33.8 Å². The second kappa shape index (κ2) is 16.3. The molecule has 0 radical (unpaired) electrons. The van der Waals surface area contributed by atoms with Crippen molar-refractivity contribution in [2.24, 2.45) is 0 Å². The third-order valence-corrected chi connectivity index (χ3v) is 4.11. The van der Waals surface area contributed by atoms with Crippen molar-refractivity contribution in [3.63, 3.8) is 0 Å². The Morgan fingerprint density at radius 1 is 0.708 bits per heavy atom. The maximum Gasteiger partial charge on any atom is 0.416 e. The fraction of sp³-hybridized carbons (Fsp3) is 0.789. The van der Waals surface area contributed by atoms with E-state index in [2.05, 4.69) is 19.1 Å². The van der Waals surface area contributed by atoms with E-state index < -0.39 is 12.2 Å². The van der Waals surface area contributed by atoms with Gasteiger partial charge in [-0.1, -0.05) is 70.4 Å². The molecule has 0 rings (SSSR count). The summed E-state index contributed by atoms with van der Waals surface area (Å²) in [5, 5.41) is 17.4. The normalized spacial score (nSPS) is 11.0. The number of allylic oxidation sites excluding steroid dienone is 2. The SMILES string of the molecule is CCCCCCCC/C=C\CCCCCCCN(C(=O)O)C(=O)O. The molecule has 24 heavy (non-hydrogen) atoms. The lowest BCUT2D eigenvalue weighted by atomic mass is 10.1. The van der Waals surface area contributed by atoms with Crippen LogP contribution in [0.25, 0.3) is 0 Å². The van der Waals surface area contributed by atoms with Gasteiger partial charge < -0.3 is 10.2 Å². The first-order chi connectivity index (χ1) is 11.6. The zero-order valence-corrected chi connectivity index (χ0v) is 15.2. The van der Waals surface area contributed by atoms with Gasteiger partial charge in [0.05, 0.1) is 0 Å². The van der Waals surface area contributed by atoms with E-state index in [1.807, 2.05) is 0 Å². The van der Waals surface area contributed by atoms with Crippen molar-refractivity contribution in [2.75, 3.05) is 6.54 Å². The second-order valence-electron chi connectivity index (χ2n) is 6.30. The molecular formula is C19H35NO4. The highest BCUT2D eigenvalue weighted by molar-refractivity contribution is 5.85. The third kappa shape index (κ3) is 14.1. The largest absolute Gasteiger partial charge is 0.465 e. The smallest absolute Gasteiger partial charge is 0.416 e. The van der Waals surface area contributed by atoms with Gasteiger partial charge in [0.15, 0.2) is 0 Å². The molecule has 5 heteroatoms. The number of hydrogen-bond donors (Lipinski definition) is 2. The van der Waals surface area contributed by atoms with Crippen LogP contribution in [0.1, 0.15) is 90.4 Å². The fourth-order valence-electron chi connectivity index (χ4n) is 2.61. The molecule has 0 heterocycles. The second-order valence-corrected chi connectivity index (χ2v) is 6.30. The number of imide groups is 1. The summed E-state index contributed by atoms with van der Waals surface area (Å²) in [5.41, 5.74) is 0. The minimum absolute atomic E-state index is 0.0722. The van der Waals surface area contributed by atoms with E-state index in [4.69, 9.17) is 10.2 Å². The lowest BCUT2D eigenvalue weighted by Crippen LogP contribution is -2.35. The van der Waals surface area contributed by atoms with E-state index >= 15 is 0 Å². The molecule has 0 aromatic heterocycles. The van der Waals surface area contributed by atoms with Crippen LogP contribution in [0, 0.1) is 0 Å². The molecule has 0 saturated heterocycles. The summed E-state index contributed by atoms with van der Waals surface area (Å²) in [6.45, 7) is 2.31. The number of carbonyl (C=O) groups is 2. The Kier molecular flexibility index (Phi) is 15.3. The van der Waals surface area contributed by atoms with E-state index in [9.17, 15) is 9.59 Å². The van der Waals surface area contributed by atoms with Gasteiger partial charge in [-0.15, -0.1) is 0 Å². The average Bonchev–Trinajstić information content (AvgIpc) is 2.53. The number of rotatable bonds is 15. The first kappa shape index (κ1) is 22.5. The lowest BCUT2D eigenvalue weighted by Gasteiger charge is -2.12. The van der Waals surface area contributed by atoms with Crippen molar-refractivity contribution in [1.82, 2.24) is 4.90 Å². The Labute approximate surface area is 146 Å². The van der Waals surface area contributed by atoms with Gasteiger partial charge in [0.25, 0.3) is 0 Å². The highest BCUT2D eigenvalue weighted by Crippen LogP contribution is 2.09. The summed E-state index contributed by atoms with van der Waals surface area (Å²) < 4.78 is 0. The number of hydrogen-bond acceptors (Lipinski definition) is 2. The molecule has 140 valence electrons. The van der Waals surface area contributed by atoms with Crippen LogP contribution in [0.3, 0.4) is 0 Å². The highest BCUT2D eigenvalue weighted by atomic mass is 16.4. The van der Waals surface area contributed by atoms with E-state index in [0.29, 0.717) is 11.3 Å². The number of unbranched alkanes of at least 4 members (excludes halogenated alkanes) is 11. The van der Waals surface area contributed by atoms with E-state index in [1.54, 1.807) is 0 Å². The molecule has 2 amide bonds. The van der Waals surface area contributed by atoms with Crippen LogP contribution in [-0.2, 0) is 0 Å². The maximum absolute atomic E-state index is 10.7. The van der Waals surface area contributed by atoms with E-state index in [0.717, 1.165) is 32.1 Å². The summed E-state index contributed by atoms with van der Waals surface area (Å²) >= 11 is 0. The van der Waals surface area contributed by atoms with Crippen LogP contribution in [0.2, 0.25) is 0 Å².